The molecule has 8 heteroatoms. The Morgan fingerprint density at radius 3 is 2.48 bits per heavy atom. The maximum Gasteiger partial charge on any atom is 0.415 e. The topological polar surface area (TPSA) is 73.8 Å². The Morgan fingerprint density at radius 2 is 1.87 bits per heavy atom. The first-order chi connectivity index (χ1) is 10.9. The number of rotatable bonds is 3. The summed E-state index contributed by atoms with van der Waals surface area (Å²) in [5, 5.41) is 4.13. The van der Waals surface area contributed by atoms with Gasteiger partial charge in [0, 0.05) is 11.6 Å². The van der Waals surface area contributed by atoms with Crippen LogP contribution in [0.25, 0.3) is 11.0 Å². The van der Waals surface area contributed by atoms with Gasteiger partial charge in [-0.3, -0.25) is 4.79 Å². The quantitative estimate of drug-likeness (QED) is 0.806. The summed E-state index contributed by atoms with van der Waals surface area (Å²) >= 11 is 0. The van der Waals surface area contributed by atoms with Crippen molar-refractivity contribution in [3.05, 3.63) is 59.9 Å². The lowest BCUT2D eigenvalue weighted by molar-refractivity contribution is -0.158. The van der Waals surface area contributed by atoms with Crippen LogP contribution >= 0.6 is 0 Å². The Labute approximate surface area is 128 Å². The average Bonchev–Trinajstić information content (AvgIpc) is 2.90. The number of aromatic nitrogens is 3. The van der Waals surface area contributed by atoms with E-state index in [-0.39, 0.29) is 16.8 Å². The van der Waals surface area contributed by atoms with Crippen LogP contribution in [-0.4, -0.2) is 26.8 Å². The maximum absolute atomic E-state index is 13.5. The Balaban J connectivity index is 2.18. The van der Waals surface area contributed by atoms with Crippen LogP contribution in [0.4, 0.5) is 13.2 Å². The van der Waals surface area contributed by atoms with E-state index in [0.717, 1.165) is 10.9 Å². The van der Waals surface area contributed by atoms with Crippen LogP contribution in [0.15, 0.2) is 48.8 Å². The molecule has 1 amide bonds. The molecule has 2 aromatic heterocycles. The SMILES string of the molecule is NC(=O)c1cnc2c(cnn2C(c2ccccc2)C(F)(F)F)c1. The number of hydrogen-bond acceptors (Lipinski definition) is 3. The third-order valence-corrected chi connectivity index (χ3v) is 3.39. The Morgan fingerprint density at radius 1 is 1.17 bits per heavy atom. The number of nitrogens with two attached hydrogens (primary N) is 1. The van der Waals surface area contributed by atoms with E-state index >= 15 is 0 Å². The molecule has 2 heterocycles. The highest BCUT2D eigenvalue weighted by atomic mass is 19.4. The first kappa shape index (κ1) is 15.0. The van der Waals surface area contributed by atoms with E-state index in [9.17, 15) is 18.0 Å². The number of amides is 1. The van der Waals surface area contributed by atoms with Crippen molar-refractivity contribution in [3.63, 3.8) is 0 Å². The van der Waals surface area contributed by atoms with Gasteiger partial charge in [0.15, 0.2) is 11.7 Å². The van der Waals surface area contributed by atoms with E-state index < -0.39 is 18.1 Å². The highest BCUT2D eigenvalue weighted by Crippen LogP contribution is 2.37. The monoisotopic (exact) mass is 320 g/mol. The fourth-order valence-corrected chi connectivity index (χ4v) is 2.37. The summed E-state index contributed by atoms with van der Waals surface area (Å²) in [5.74, 6) is -0.706. The number of carbonyl (C=O) groups is 1. The minimum absolute atomic E-state index is 0.0289. The molecule has 1 unspecified atom stereocenters. The fraction of sp³-hybridized carbons (Fsp3) is 0.133. The number of benzene rings is 1. The molecule has 0 aliphatic heterocycles. The van der Waals surface area contributed by atoms with E-state index in [1.807, 2.05) is 0 Å². The summed E-state index contributed by atoms with van der Waals surface area (Å²) in [6.07, 6.45) is -2.18. The van der Waals surface area contributed by atoms with Crippen LogP contribution in [-0.2, 0) is 0 Å². The summed E-state index contributed by atoms with van der Waals surface area (Å²) in [5.41, 5.74) is 5.33. The summed E-state index contributed by atoms with van der Waals surface area (Å²) < 4.78 is 41.4. The molecule has 0 radical (unpaired) electrons. The molecule has 3 aromatic rings. The molecule has 118 valence electrons. The minimum Gasteiger partial charge on any atom is -0.366 e. The van der Waals surface area contributed by atoms with Crippen molar-refractivity contribution in [2.24, 2.45) is 5.73 Å². The van der Waals surface area contributed by atoms with Gasteiger partial charge in [-0.2, -0.15) is 18.3 Å². The van der Waals surface area contributed by atoms with Crippen LogP contribution in [0, 0.1) is 0 Å². The molecule has 0 aliphatic rings. The molecule has 3 rings (SSSR count). The molecule has 0 aliphatic carbocycles. The van der Waals surface area contributed by atoms with Gasteiger partial charge < -0.3 is 5.73 Å². The number of halogens is 3. The van der Waals surface area contributed by atoms with Crippen molar-refractivity contribution in [1.29, 1.82) is 0 Å². The van der Waals surface area contributed by atoms with Crippen LogP contribution in [0.5, 0.6) is 0 Å². The third kappa shape index (κ3) is 2.75. The van der Waals surface area contributed by atoms with E-state index in [2.05, 4.69) is 10.1 Å². The predicted octanol–water partition coefficient (Wildman–Crippen LogP) is 2.68. The van der Waals surface area contributed by atoms with Gasteiger partial charge in [0.05, 0.1) is 11.8 Å². The summed E-state index contributed by atoms with van der Waals surface area (Å²) in [4.78, 5) is 15.1. The molecule has 23 heavy (non-hydrogen) atoms. The predicted molar refractivity (Wildman–Crippen MR) is 76.7 cm³/mol. The standard InChI is InChI=1S/C15H11F3N4O/c16-15(17,18)12(9-4-2-1-3-5-9)22-14-11(8-21-22)6-10(7-20-14)13(19)23/h1-8,12H,(H2,19,23). The number of primary amides is 1. The lowest BCUT2D eigenvalue weighted by Crippen LogP contribution is -2.28. The number of hydrogen-bond donors (Lipinski definition) is 1. The summed E-state index contributed by atoms with van der Waals surface area (Å²) in [6, 6.07) is 6.85. The number of carbonyl (C=O) groups excluding carboxylic acids is 1. The second-order valence-corrected chi connectivity index (χ2v) is 4.95. The van der Waals surface area contributed by atoms with Crippen LogP contribution in [0.1, 0.15) is 22.0 Å². The molecule has 0 bridgehead atoms. The van der Waals surface area contributed by atoms with Gasteiger partial charge in [0.25, 0.3) is 0 Å². The number of fused-ring (bicyclic) bond motifs is 1. The van der Waals surface area contributed by atoms with Gasteiger partial charge in [-0.1, -0.05) is 30.3 Å². The fourth-order valence-electron chi connectivity index (χ4n) is 2.37. The molecule has 0 saturated carbocycles. The second-order valence-electron chi connectivity index (χ2n) is 4.95. The van der Waals surface area contributed by atoms with E-state index in [0.29, 0.717) is 5.39 Å². The first-order valence-corrected chi connectivity index (χ1v) is 6.62. The van der Waals surface area contributed by atoms with E-state index in [1.165, 1.54) is 36.5 Å². The molecule has 1 aromatic carbocycles. The molecule has 0 fully saturated rings. The molecular formula is C15H11F3N4O. The zero-order valence-corrected chi connectivity index (χ0v) is 11.7. The average molecular weight is 320 g/mol. The number of alkyl halides is 3. The van der Waals surface area contributed by atoms with Gasteiger partial charge in [-0.15, -0.1) is 0 Å². The molecule has 5 nitrogen and oxygen atoms in total. The van der Waals surface area contributed by atoms with Gasteiger partial charge in [-0.25, -0.2) is 9.67 Å². The lowest BCUT2D eigenvalue weighted by Gasteiger charge is -2.21. The summed E-state index contributed by atoms with van der Waals surface area (Å²) in [7, 11) is 0. The van der Waals surface area contributed by atoms with Crippen LogP contribution < -0.4 is 5.73 Å². The third-order valence-electron chi connectivity index (χ3n) is 3.39. The van der Waals surface area contributed by atoms with Crippen LogP contribution in [0.2, 0.25) is 0 Å². The summed E-state index contributed by atoms with van der Waals surface area (Å²) in [6.45, 7) is 0. The molecule has 2 N–H and O–H groups in total. The minimum atomic E-state index is -4.55. The zero-order chi connectivity index (χ0) is 16.6. The van der Waals surface area contributed by atoms with Crippen molar-refractivity contribution in [2.45, 2.75) is 12.2 Å². The highest BCUT2D eigenvalue weighted by Gasteiger charge is 2.43. The Bertz CT molecular complexity index is 858. The van der Waals surface area contributed by atoms with Gasteiger partial charge in [-0.05, 0) is 11.6 Å². The number of nitrogens with zero attached hydrogens (tertiary/aromatic N) is 3. The van der Waals surface area contributed by atoms with Crippen LogP contribution in [0.3, 0.4) is 0 Å². The van der Waals surface area contributed by atoms with E-state index in [1.54, 1.807) is 6.07 Å². The largest absolute Gasteiger partial charge is 0.415 e. The van der Waals surface area contributed by atoms with Crippen molar-refractivity contribution < 1.29 is 18.0 Å². The Kier molecular flexibility index (Phi) is 3.51. The van der Waals surface area contributed by atoms with Gasteiger partial charge in [0.2, 0.25) is 5.91 Å². The van der Waals surface area contributed by atoms with Crippen molar-refractivity contribution in [2.75, 3.05) is 0 Å². The molecule has 0 spiro atoms. The normalized spacial score (nSPS) is 13.2. The Hall–Kier alpha value is -2.90. The van der Waals surface area contributed by atoms with Crippen molar-refractivity contribution in [3.8, 4) is 0 Å². The lowest BCUT2D eigenvalue weighted by atomic mass is 10.1. The van der Waals surface area contributed by atoms with E-state index in [4.69, 9.17) is 5.73 Å². The van der Waals surface area contributed by atoms with Crippen molar-refractivity contribution in [1.82, 2.24) is 14.8 Å². The van der Waals surface area contributed by atoms with Crippen molar-refractivity contribution >= 4 is 16.9 Å². The number of pyridine rings is 1. The molecule has 1 atom stereocenters. The molecular weight excluding hydrogens is 309 g/mol. The first-order valence-electron chi connectivity index (χ1n) is 6.62. The smallest absolute Gasteiger partial charge is 0.366 e. The zero-order valence-electron chi connectivity index (χ0n) is 11.7. The highest BCUT2D eigenvalue weighted by molar-refractivity contribution is 5.95. The maximum atomic E-state index is 13.5. The molecule has 0 saturated heterocycles. The second kappa shape index (κ2) is 5.38. The van der Waals surface area contributed by atoms with Gasteiger partial charge in [0.1, 0.15) is 0 Å². The van der Waals surface area contributed by atoms with Gasteiger partial charge >= 0.3 is 6.18 Å².